The molecule has 6 aromatic rings. The average Bonchev–Trinajstić information content (AvgIpc) is 2.90. The number of hydrogen-bond donors (Lipinski definition) is 0. The Morgan fingerprint density at radius 1 is 0.361 bits per heavy atom. The Morgan fingerprint density at radius 2 is 0.806 bits per heavy atom. The van der Waals surface area contributed by atoms with Gasteiger partial charge in [0.15, 0.2) is 0 Å². The molecule has 0 nitrogen and oxygen atoms in total. The van der Waals surface area contributed by atoms with Crippen LogP contribution in [0.2, 0.25) is 0 Å². The molecule has 6 rings (SSSR count). The Labute approximate surface area is 214 Å². The molecule has 0 bridgehead atoms. The van der Waals surface area contributed by atoms with Crippen LogP contribution in [0.3, 0.4) is 0 Å². The van der Waals surface area contributed by atoms with Gasteiger partial charge in [-0.1, -0.05) is 100 Å². The number of hydrogen-bond acceptors (Lipinski definition) is 0. The molecule has 0 atom stereocenters. The van der Waals surface area contributed by atoms with Gasteiger partial charge < -0.3 is 0 Å². The highest BCUT2D eigenvalue weighted by molar-refractivity contribution is 6.20. The van der Waals surface area contributed by atoms with Gasteiger partial charge in [0.2, 0.25) is 0 Å². The fraction of sp³-hybridized carbons (Fsp3) is 0.278. The van der Waals surface area contributed by atoms with Crippen molar-refractivity contribution in [3.05, 3.63) is 96.1 Å². The predicted molar refractivity (Wildman–Crippen MR) is 160 cm³/mol. The molecule has 6 aromatic carbocycles. The quantitative estimate of drug-likeness (QED) is 0.118. The van der Waals surface area contributed by atoms with Crippen molar-refractivity contribution in [3.8, 4) is 0 Å². The highest BCUT2D eigenvalue weighted by Crippen LogP contribution is 2.35. The minimum atomic E-state index is 1.18. The molecule has 36 heavy (non-hydrogen) atoms. The lowest BCUT2D eigenvalue weighted by molar-refractivity contribution is 0.718. The zero-order chi connectivity index (χ0) is 24.5. The van der Waals surface area contributed by atoms with Gasteiger partial charge in [-0.15, -0.1) is 0 Å². The van der Waals surface area contributed by atoms with E-state index in [0.717, 1.165) is 0 Å². The molecule has 0 aliphatic heterocycles. The van der Waals surface area contributed by atoms with E-state index < -0.39 is 0 Å². The van der Waals surface area contributed by atoms with Crippen LogP contribution in [0.15, 0.2) is 84.9 Å². The molecule has 180 valence electrons. The van der Waals surface area contributed by atoms with Gasteiger partial charge >= 0.3 is 0 Å². The van der Waals surface area contributed by atoms with Crippen LogP contribution in [0, 0.1) is 0 Å². The van der Waals surface area contributed by atoms with Crippen LogP contribution in [0.25, 0.3) is 53.9 Å². The molecule has 0 aliphatic rings. The normalized spacial score (nSPS) is 11.9. The highest BCUT2D eigenvalue weighted by Gasteiger charge is 2.09. The highest BCUT2D eigenvalue weighted by atomic mass is 14.1. The van der Waals surface area contributed by atoms with Crippen molar-refractivity contribution in [2.45, 2.75) is 65.2 Å². The van der Waals surface area contributed by atoms with Crippen LogP contribution in [0.1, 0.15) is 63.5 Å². The molecule has 0 saturated carbocycles. The van der Waals surface area contributed by atoms with E-state index in [2.05, 4.69) is 98.8 Å². The first-order valence-corrected chi connectivity index (χ1v) is 14.0. The van der Waals surface area contributed by atoms with Gasteiger partial charge in [0.05, 0.1) is 0 Å². The minimum absolute atomic E-state index is 1.18. The summed E-state index contributed by atoms with van der Waals surface area (Å²) in [5, 5.41) is 13.5. The van der Waals surface area contributed by atoms with Gasteiger partial charge in [0.25, 0.3) is 0 Å². The summed E-state index contributed by atoms with van der Waals surface area (Å²) < 4.78 is 0. The minimum Gasteiger partial charge on any atom is -0.0654 e. The third-order valence-electron chi connectivity index (χ3n) is 8.01. The topological polar surface area (TPSA) is 0 Å². The molecule has 0 aromatic heterocycles. The number of unbranched alkanes of at least 4 members (excludes halogenated alkanes) is 4. The van der Waals surface area contributed by atoms with E-state index in [1.165, 1.54) is 116 Å². The summed E-state index contributed by atoms with van der Waals surface area (Å²) in [6.07, 6.45) is 10.1. The van der Waals surface area contributed by atoms with Crippen LogP contribution >= 0.6 is 0 Å². The Hall–Kier alpha value is -3.38. The average molecular weight is 469 g/mol. The maximum atomic E-state index is 2.40. The smallest absolute Gasteiger partial charge is 0.00987 e. The molecule has 0 unspecified atom stereocenters. The summed E-state index contributed by atoms with van der Waals surface area (Å²) >= 11 is 0. The predicted octanol–water partition coefficient (Wildman–Crippen LogP) is 10.9. The van der Waals surface area contributed by atoms with Crippen LogP contribution in [0.4, 0.5) is 0 Å². The van der Waals surface area contributed by atoms with Crippen molar-refractivity contribution < 1.29 is 0 Å². The second-order valence-corrected chi connectivity index (χ2v) is 10.7. The molecule has 0 N–H and O–H groups in total. The first-order chi connectivity index (χ1) is 17.7. The third-order valence-corrected chi connectivity index (χ3v) is 8.01. The van der Waals surface area contributed by atoms with E-state index >= 15 is 0 Å². The van der Waals surface area contributed by atoms with Crippen LogP contribution in [-0.2, 0) is 12.8 Å². The van der Waals surface area contributed by atoms with Gasteiger partial charge in [-0.3, -0.25) is 0 Å². The zero-order valence-electron chi connectivity index (χ0n) is 21.7. The standard InChI is InChI=1S/C36H36/c1-3-5-7-9-25-11-13-27-23-35-29(21-31(27)19-25)15-17-34-33(35)18-16-30-22-32-20-26(10-8-6-4-2)12-14-28(32)24-36(30)34/h11-24H,3-10H2,1-2H3. The lowest BCUT2D eigenvalue weighted by atomic mass is 9.92. The van der Waals surface area contributed by atoms with Gasteiger partial charge in [0, 0.05) is 0 Å². The third kappa shape index (κ3) is 4.35. The molecule has 0 aliphatic carbocycles. The number of rotatable bonds is 8. The van der Waals surface area contributed by atoms with Gasteiger partial charge in [-0.05, 0) is 115 Å². The Balaban J connectivity index is 1.44. The van der Waals surface area contributed by atoms with Gasteiger partial charge in [-0.25, -0.2) is 0 Å². The van der Waals surface area contributed by atoms with Crippen molar-refractivity contribution in [2.75, 3.05) is 0 Å². The van der Waals surface area contributed by atoms with E-state index in [0.29, 0.717) is 0 Å². The van der Waals surface area contributed by atoms with Crippen molar-refractivity contribution in [1.82, 2.24) is 0 Å². The van der Waals surface area contributed by atoms with E-state index in [-0.39, 0.29) is 0 Å². The van der Waals surface area contributed by atoms with Crippen LogP contribution in [-0.4, -0.2) is 0 Å². The first kappa shape index (κ1) is 23.0. The van der Waals surface area contributed by atoms with Gasteiger partial charge in [0.1, 0.15) is 0 Å². The Morgan fingerprint density at radius 3 is 1.25 bits per heavy atom. The fourth-order valence-electron chi connectivity index (χ4n) is 5.94. The second-order valence-electron chi connectivity index (χ2n) is 10.7. The zero-order valence-corrected chi connectivity index (χ0v) is 21.7. The largest absolute Gasteiger partial charge is 0.0654 e. The summed E-state index contributed by atoms with van der Waals surface area (Å²) in [4.78, 5) is 0. The number of aryl methyl sites for hydroxylation is 2. The van der Waals surface area contributed by atoms with E-state index in [1.807, 2.05) is 0 Å². The molecule has 0 spiro atoms. The summed E-state index contributed by atoms with van der Waals surface area (Å²) in [5.41, 5.74) is 2.92. The summed E-state index contributed by atoms with van der Waals surface area (Å²) in [6.45, 7) is 4.54. The molecule has 0 amide bonds. The molecule has 0 radical (unpaired) electrons. The van der Waals surface area contributed by atoms with E-state index in [9.17, 15) is 0 Å². The van der Waals surface area contributed by atoms with E-state index in [4.69, 9.17) is 0 Å². The second kappa shape index (κ2) is 9.94. The fourth-order valence-corrected chi connectivity index (χ4v) is 5.94. The van der Waals surface area contributed by atoms with Crippen molar-refractivity contribution in [2.24, 2.45) is 0 Å². The molecule has 0 heteroatoms. The molecule has 0 heterocycles. The maximum Gasteiger partial charge on any atom is -0.00987 e. The molecule has 0 fully saturated rings. The lowest BCUT2D eigenvalue weighted by Gasteiger charge is -2.11. The monoisotopic (exact) mass is 468 g/mol. The van der Waals surface area contributed by atoms with Gasteiger partial charge in [-0.2, -0.15) is 0 Å². The number of fused-ring (bicyclic) bond motifs is 7. The van der Waals surface area contributed by atoms with E-state index in [1.54, 1.807) is 0 Å². The summed E-state index contributed by atoms with van der Waals surface area (Å²) in [5.74, 6) is 0. The SMILES string of the molecule is CCCCCc1ccc2cc3c(ccc4c5cc6ccc(CCCCC)cc6cc5ccc34)cc2c1. The van der Waals surface area contributed by atoms with Crippen molar-refractivity contribution in [3.63, 3.8) is 0 Å². The Kier molecular flexibility index (Phi) is 6.36. The summed E-state index contributed by atoms with van der Waals surface area (Å²) in [7, 11) is 0. The summed E-state index contributed by atoms with van der Waals surface area (Å²) in [6, 6.07) is 33.0. The lowest BCUT2D eigenvalue weighted by Crippen LogP contribution is -1.88. The Bertz CT molecular complexity index is 1570. The molecular weight excluding hydrogens is 432 g/mol. The first-order valence-electron chi connectivity index (χ1n) is 14.0. The maximum absolute atomic E-state index is 2.40. The molecular formula is C36H36. The van der Waals surface area contributed by atoms with Crippen molar-refractivity contribution >= 4 is 53.9 Å². The van der Waals surface area contributed by atoms with Crippen LogP contribution < -0.4 is 0 Å². The molecule has 0 saturated heterocycles. The van der Waals surface area contributed by atoms with Crippen molar-refractivity contribution in [1.29, 1.82) is 0 Å². The number of benzene rings is 6. The van der Waals surface area contributed by atoms with Crippen LogP contribution in [0.5, 0.6) is 0 Å².